The van der Waals surface area contributed by atoms with Crippen LogP contribution < -0.4 is 0 Å². The van der Waals surface area contributed by atoms with Crippen molar-refractivity contribution in [1.82, 2.24) is 0 Å². The highest BCUT2D eigenvalue weighted by Gasteiger charge is 2.30. The van der Waals surface area contributed by atoms with Crippen molar-refractivity contribution < 1.29 is 0 Å². The van der Waals surface area contributed by atoms with Gasteiger partial charge in [0.05, 0.1) is 0 Å². The summed E-state index contributed by atoms with van der Waals surface area (Å²) in [5.74, 6) is 4.23. The lowest BCUT2D eigenvalue weighted by Crippen LogP contribution is -2.25. The van der Waals surface area contributed by atoms with E-state index in [-0.39, 0.29) is 0 Å². The lowest BCUT2D eigenvalue weighted by Gasteiger charge is -2.37. The van der Waals surface area contributed by atoms with Gasteiger partial charge in [0.1, 0.15) is 0 Å². The molecule has 0 spiro atoms. The molecule has 0 aromatic rings. The second-order valence-electron chi connectivity index (χ2n) is 6.89. The first-order chi connectivity index (χ1) is 8.83. The maximum atomic E-state index is 2.56. The Morgan fingerprint density at radius 2 is 1.33 bits per heavy atom. The van der Waals surface area contributed by atoms with Gasteiger partial charge < -0.3 is 0 Å². The Morgan fingerprint density at radius 1 is 0.778 bits per heavy atom. The summed E-state index contributed by atoms with van der Waals surface area (Å²) < 4.78 is 0. The van der Waals surface area contributed by atoms with Crippen molar-refractivity contribution in [3.8, 4) is 0 Å². The zero-order valence-corrected chi connectivity index (χ0v) is 12.7. The summed E-state index contributed by atoms with van der Waals surface area (Å²) in [6, 6.07) is 0. The molecule has 2 aliphatic rings. The minimum Gasteiger partial charge on any atom is -0.0654 e. The Balaban J connectivity index is 1.68. The average Bonchev–Trinajstić information content (AvgIpc) is 2.41. The van der Waals surface area contributed by atoms with Gasteiger partial charge in [-0.1, -0.05) is 46.0 Å². The van der Waals surface area contributed by atoms with Crippen molar-refractivity contribution in [3.63, 3.8) is 0 Å². The van der Waals surface area contributed by atoms with E-state index in [1.165, 1.54) is 44.9 Å². The van der Waals surface area contributed by atoms with E-state index in [1.807, 2.05) is 0 Å². The van der Waals surface area contributed by atoms with Gasteiger partial charge in [0.2, 0.25) is 0 Å². The third-order valence-corrected chi connectivity index (χ3v) is 5.64. The van der Waals surface area contributed by atoms with E-state index in [9.17, 15) is 0 Å². The molecule has 0 aliphatic heterocycles. The molecule has 0 aromatic carbocycles. The topological polar surface area (TPSA) is 0 Å². The highest BCUT2D eigenvalue weighted by molar-refractivity contribution is 4.85. The van der Waals surface area contributed by atoms with Crippen molar-refractivity contribution in [2.45, 2.75) is 84.5 Å². The molecule has 2 fully saturated rings. The molecular formula is C18H33. The quantitative estimate of drug-likeness (QED) is 0.559. The molecule has 2 aliphatic carbocycles. The summed E-state index contributed by atoms with van der Waals surface area (Å²) in [6.07, 6.45) is 19.0. The van der Waals surface area contributed by atoms with Crippen LogP contribution in [0.3, 0.4) is 0 Å². The SMILES string of the molecule is CC[CH]C1CCC(C2CCC(CCC)CC2)CC1. The predicted octanol–water partition coefficient (Wildman–Crippen LogP) is 6.01. The number of hydrogen-bond acceptors (Lipinski definition) is 0. The van der Waals surface area contributed by atoms with Crippen LogP contribution in [0.2, 0.25) is 0 Å². The summed E-state index contributed by atoms with van der Waals surface area (Å²) in [5, 5.41) is 0. The van der Waals surface area contributed by atoms with Crippen molar-refractivity contribution in [2.75, 3.05) is 0 Å². The summed E-state index contributed by atoms with van der Waals surface area (Å²) >= 11 is 0. The van der Waals surface area contributed by atoms with Gasteiger partial charge in [-0.15, -0.1) is 0 Å². The molecule has 2 rings (SSSR count). The summed E-state index contributed by atoms with van der Waals surface area (Å²) in [5.41, 5.74) is 0. The fourth-order valence-corrected chi connectivity index (χ4v) is 4.54. The van der Waals surface area contributed by atoms with Crippen LogP contribution in [-0.4, -0.2) is 0 Å². The number of rotatable bonds is 5. The zero-order chi connectivity index (χ0) is 12.8. The molecule has 0 heterocycles. The fourth-order valence-electron chi connectivity index (χ4n) is 4.54. The predicted molar refractivity (Wildman–Crippen MR) is 80.4 cm³/mol. The van der Waals surface area contributed by atoms with Crippen LogP contribution in [-0.2, 0) is 0 Å². The van der Waals surface area contributed by atoms with Gasteiger partial charge in [0.25, 0.3) is 0 Å². The third-order valence-electron chi connectivity index (χ3n) is 5.64. The Hall–Kier alpha value is 0. The van der Waals surface area contributed by atoms with Crippen molar-refractivity contribution in [2.24, 2.45) is 23.7 Å². The largest absolute Gasteiger partial charge is 0.0654 e. The van der Waals surface area contributed by atoms with E-state index in [0.717, 1.165) is 23.7 Å². The van der Waals surface area contributed by atoms with Gasteiger partial charge in [-0.3, -0.25) is 0 Å². The molecule has 0 unspecified atom stereocenters. The minimum absolute atomic E-state index is 0.961. The van der Waals surface area contributed by atoms with Gasteiger partial charge in [0, 0.05) is 0 Å². The standard InChI is InChI=1S/C18H33/c1-3-5-15-7-11-17(12-8-15)18-13-9-16(6-4-2)10-14-18/h5,15-18H,3-4,6-14H2,1-2H3. The Morgan fingerprint density at radius 3 is 1.83 bits per heavy atom. The molecule has 1 radical (unpaired) electrons. The van der Waals surface area contributed by atoms with E-state index >= 15 is 0 Å². The molecule has 0 atom stereocenters. The van der Waals surface area contributed by atoms with E-state index in [1.54, 1.807) is 25.7 Å². The van der Waals surface area contributed by atoms with Gasteiger partial charge >= 0.3 is 0 Å². The molecule has 2 saturated carbocycles. The van der Waals surface area contributed by atoms with Gasteiger partial charge in [0.15, 0.2) is 0 Å². The first kappa shape index (κ1) is 14.4. The van der Waals surface area contributed by atoms with E-state index in [0.29, 0.717) is 0 Å². The van der Waals surface area contributed by atoms with Crippen molar-refractivity contribution in [3.05, 3.63) is 6.42 Å². The first-order valence-electron chi connectivity index (χ1n) is 8.66. The van der Waals surface area contributed by atoms with Crippen LogP contribution in [0.15, 0.2) is 0 Å². The van der Waals surface area contributed by atoms with Crippen LogP contribution in [0, 0.1) is 30.1 Å². The molecule has 0 amide bonds. The molecule has 105 valence electrons. The Bertz CT molecular complexity index is 180. The molecule has 0 nitrogen and oxygen atoms in total. The van der Waals surface area contributed by atoms with Crippen molar-refractivity contribution in [1.29, 1.82) is 0 Å². The third kappa shape index (κ3) is 4.00. The second kappa shape index (κ2) is 7.56. The summed E-state index contributed by atoms with van der Waals surface area (Å²) in [6.45, 7) is 4.64. The minimum atomic E-state index is 0.961. The van der Waals surface area contributed by atoms with Crippen molar-refractivity contribution >= 4 is 0 Å². The van der Waals surface area contributed by atoms with Gasteiger partial charge in [-0.2, -0.15) is 0 Å². The molecule has 0 aromatic heterocycles. The highest BCUT2D eigenvalue weighted by Crippen LogP contribution is 2.42. The molecule has 0 saturated heterocycles. The zero-order valence-electron chi connectivity index (χ0n) is 12.7. The fraction of sp³-hybridized carbons (Fsp3) is 0.944. The molecule has 18 heavy (non-hydrogen) atoms. The Kier molecular flexibility index (Phi) is 6.05. The number of hydrogen-bond donors (Lipinski definition) is 0. The van der Waals surface area contributed by atoms with E-state index < -0.39 is 0 Å². The molecule has 0 heteroatoms. The maximum absolute atomic E-state index is 2.56. The lowest BCUT2D eigenvalue weighted by atomic mass is 9.68. The van der Waals surface area contributed by atoms with E-state index in [4.69, 9.17) is 0 Å². The molecule has 0 bridgehead atoms. The summed E-state index contributed by atoms with van der Waals surface area (Å²) in [7, 11) is 0. The Labute approximate surface area is 115 Å². The highest BCUT2D eigenvalue weighted by atomic mass is 14.4. The second-order valence-corrected chi connectivity index (χ2v) is 6.89. The first-order valence-corrected chi connectivity index (χ1v) is 8.66. The molecule has 0 N–H and O–H groups in total. The molecular weight excluding hydrogens is 216 g/mol. The van der Waals surface area contributed by atoms with Crippen LogP contribution in [0.1, 0.15) is 84.5 Å². The van der Waals surface area contributed by atoms with Crippen LogP contribution in [0.5, 0.6) is 0 Å². The van der Waals surface area contributed by atoms with E-state index in [2.05, 4.69) is 20.3 Å². The van der Waals surface area contributed by atoms with Crippen LogP contribution in [0.25, 0.3) is 0 Å². The smallest absolute Gasteiger partial charge is 0.0357 e. The lowest BCUT2D eigenvalue weighted by molar-refractivity contribution is 0.149. The van der Waals surface area contributed by atoms with Crippen LogP contribution in [0.4, 0.5) is 0 Å². The average molecular weight is 249 g/mol. The monoisotopic (exact) mass is 249 g/mol. The summed E-state index contributed by atoms with van der Waals surface area (Å²) in [4.78, 5) is 0. The maximum Gasteiger partial charge on any atom is -0.0357 e. The van der Waals surface area contributed by atoms with Gasteiger partial charge in [-0.05, 0) is 68.6 Å². The van der Waals surface area contributed by atoms with Crippen LogP contribution >= 0.6 is 0 Å². The van der Waals surface area contributed by atoms with Gasteiger partial charge in [-0.25, -0.2) is 0 Å². The normalized spacial score (nSPS) is 37.7.